The third-order valence-electron chi connectivity index (χ3n) is 4.87. The Balaban J connectivity index is 1.44. The molecule has 24 heavy (non-hydrogen) atoms. The van der Waals surface area contributed by atoms with Crippen molar-refractivity contribution in [1.29, 1.82) is 0 Å². The van der Waals surface area contributed by atoms with Crippen molar-refractivity contribution in [3.63, 3.8) is 0 Å². The van der Waals surface area contributed by atoms with E-state index in [2.05, 4.69) is 22.4 Å². The van der Waals surface area contributed by atoms with E-state index in [-0.39, 0.29) is 0 Å². The van der Waals surface area contributed by atoms with Crippen molar-refractivity contribution in [1.82, 2.24) is 4.90 Å². The van der Waals surface area contributed by atoms with Crippen LogP contribution in [-0.4, -0.2) is 18.0 Å². The van der Waals surface area contributed by atoms with Crippen molar-refractivity contribution in [3.05, 3.63) is 69.5 Å². The molecular weight excluding hydrogens is 340 g/mol. The number of nitrogens with zero attached hydrogens (tertiary/aromatic N) is 2. The maximum atomic E-state index is 11.9. The Labute approximate surface area is 150 Å². The van der Waals surface area contributed by atoms with E-state index in [1.165, 1.54) is 15.6 Å². The highest BCUT2D eigenvalue weighted by Gasteiger charge is 2.25. The summed E-state index contributed by atoms with van der Waals surface area (Å²) in [6, 6.07) is 11.8. The minimum Gasteiger partial charge on any atom is -0.618 e. The van der Waals surface area contributed by atoms with Crippen LogP contribution in [-0.2, 0) is 6.54 Å². The van der Waals surface area contributed by atoms with Crippen LogP contribution in [0.25, 0.3) is 10.1 Å². The van der Waals surface area contributed by atoms with Gasteiger partial charge < -0.3 is 5.21 Å². The van der Waals surface area contributed by atoms with Gasteiger partial charge >= 0.3 is 0 Å². The lowest BCUT2D eigenvalue weighted by molar-refractivity contribution is -0.616. The zero-order valence-electron chi connectivity index (χ0n) is 13.3. The predicted octanol–water partition coefficient (Wildman–Crippen LogP) is 4.57. The normalized spacial score (nSPS) is 16.7. The van der Waals surface area contributed by atoms with Crippen LogP contribution in [0.15, 0.2) is 48.0 Å². The van der Waals surface area contributed by atoms with E-state index in [4.69, 9.17) is 11.6 Å². The average molecular weight is 359 g/mol. The monoisotopic (exact) mass is 358 g/mol. The fraction of sp³-hybridized carbons (Fsp3) is 0.316. The molecule has 0 aliphatic carbocycles. The summed E-state index contributed by atoms with van der Waals surface area (Å²) in [5.74, 6) is 0.369. The third-order valence-corrected chi connectivity index (χ3v) is 6.12. The summed E-state index contributed by atoms with van der Waals surface area (Å²) in [6.07, 6.45) is 3.67. The maximum Gasteiger partial charge on any atom is 0.195 e. The van der Waals surface area contributed by atoms with Crippen molar-refractivity contribution >= 4 is 33.0 Å². The van der Waals surface area contributed by atoms with E-state index >= 15 is 0 Å². The molecule has 0 atom stereocenters. The number of fused-ring (bicyclic) bond motifs is 1. The highest BCUT2D eigenvalue weighted by molar-refractivity contribution is 7.17. The first kappa shape index (κ1) is 15.9. The van der Waals surface area contributed by atoms with Gasteiger partial charge in [0, 0.05) is 34.3 Å². The lowest BCUT2D eigenvalue weighted by Gasteiger charge is -2.30. The van der Waals surface area contributed by atoms with Crippen molar-refractivity contribution in [2.45, 2.75) is 25.3 Å². The summed E-state index contributed by atoms with van der Waals surface area (Å²) in [5, 5.41) is 16.2. The van der Waals surface area contributed by atoms with Crippen molar-refractivity contribution in [3.8, 4) is 0 Å². The zero-order valence-corrected chi connectivity index (χ0v) is 14.9. The fourth-order valence-electron chi connectivity index (χ4n) is 3.56. The molecule has 0 N–H and O–H groups in total. The Morgan fingerprint density at radius 3 is 2.83 bits per heavy atom. The number of pyridine rings is 1. The summed E-state index contributed by atoms with van der Waals surface area (Å²) >= 11 is 7.93. The molecular formula is C19H19ClN2OS. The third kappa shape index (κ3) is 3.14. The summed E-state index contributed by atoms with van der Waals surface area (Å²) in [7, 11) is 0. The van der Waals surface area contributed by atoms with Gasteiger partial charge in [-0.05, 0) is 60.5 Å². The van der Waals surface area contributed by atoms with Gasteiger partial charge in [0.15, 0.2) is 11.9 Å². The van der Waals surface area contributed by atoms with E-state index in [0.29, 0.717) is 5.92 Å². The molecule has 0 saturated carbocycles. The summed E-state index contributed by atoms with van der Waals surface area (Å²) in [4.78, 5) is 2.48. The van der Waals surface area contributed by atoms with E-state index < -0.39 is 0 Å². The molecule has 2 aromatic heterocycles. The molecule has 0 amide bonds. The molecule has 3 nitrogen and oxygen atoms in total. The summed E-state index contributed by atoms with van der Waals surface area (Å²) in [5.41, 5.74) is 2.26. The van der Waals surface area contributed by atoms with Gasteiger partial charge in [-0.25, -0.2) is 0 Å². The van der Waals surface area contributed by atoms with Gasteiger partial charge in [0.25, 0.3) is 0 Å². The molecule has 4 rings (SSSR count). The van der Waals surface area contributed by atoms with Crippen LogP contribution < -0.4 is 4.73 Å². The van der Waals surface area contributed by atoms with Crippen LogP contribution >= 0.6 is 22.9 Å². The zero-order chi connectivity index (χ0) is 16.5. The molecule has 0 bridgehead atoms. The molecule has 0 radical (unpaired) electrons. The molecule has 1 fully saturated rings. The van der Waals surface area contributed by atoms with Crippen molar-refractivity contribution in [2.75, 3.05) is 13.1 Å². The first-order valence-electron chi connectivity index (χ1n) is 8.27. The molecule has 3 heterocycles. The van der Waals surface area contributed by atoms with Crippen LogP contribution in [0.5, 0.6) is 0 Å². The molecule has 1 saturated heterocycles. The second-order valence-corrected chi connectivity index (χ2v) is 7.75. The topological polar surface area (TPSA) is 30.2 Å². The highest BCUT2D eigenvalue weighted by atomic mass is 35.5. The average Bonchev–Trinajstić information content (AvgIpc) is 2.98. The van der Waals surface area contributed by atoms with E-state index in [0.717, 1.165) is 47.9 Å². The van der Waals surface area contributed by atoms with Gasteiger partial charge in [-0.3, -0.25) is 4.90 Å². The molecule has 1 aromatic carbocycles. The number of likely N-dealkylation sites (tertiary alicyclic amines) is 1. The van der Waals surface area contributed by atoms with Crippen LogP contribution in [0.2, 0.25) is 5.02 Å². The van der Waals surface area contributed by atoms with Crippen LogP contribution in [0, 0.1) is 5.21 Å². The standard InChI is InChI=1S/C19H19ClN2OS/c20-16-4-5-19-17(11-16)15(13-24-19)12-21-9-6-14(7-10-21)18-3-1-2-8-22(18)23/h1-5,8,11,13-14H,6-7,9-10,12H2. The molecule has 0 spiro atoms. The fourth-order valence-corrected chi connectivity index (χ4v) is 4.67. The predicted molar refractivity (Wildman–Crippen MR) is 99.5 cm³/mol. The minimum absolute atomic E-state index is 0.369. The van der Waals surface area contributed by atoms with Gasteiger partial charge in [-0.15, -0.1) is 11.3 Å². The number of halogens is 1. The highest BCUT2D eigenvalue weighted by Crippen LogP contribution is 2.31. The minimum atomic E-state index is 0.369. The Morgan fingerprint density at radius 2 is 2.04 bits per heavy atom. The number of rotatable bonds is 3. The molecule has 5 heteroatoms. The molecule has 3 aromatic rings. The maximum absolute atomic E-state index is 11.9. The number of piperidine rings is 1. The van der Waals surface area contributed by atoms with Crippen molar-refractivity contribution in [2.24, 2.45) is 0 Å². The Hall–Kier alpha value is -1.62. The lowest BCUT2D eigenvalue weighted by Crippen LogP contribution is -2.38. The molecule has 0 unspecified atom stereocenters. The molecule has 1 aliphatic heterocycles. The number of hydrogen-bond acceptors (Lipinski definition) is 3. The van der Waals surface area contributed by atoms with Gasteiger partial charge in [0.05, 0.1) is 0 Å². The summed E-state index contributed by atoms with van der Waals surface area (Å²) < 4.78 is 2.32. The second-order valence-electron chi connectivity index (χ2n) is 6.40. The Kier molecular flexibility index (Phi) is 4.44. The van der Waals surface area contributed by atoms with Gasteiger partial charge in [-0.2, -0.15) is 4.73 Å². The second kappa shape index (κ2) is 6.71. The van der Waals surface area contributed by atoms with E-state index in [1.54, 1.807) is 23.6 Å². The first-order valence-corrected chi connectivity index (χ1v) is 9.52. The van der Waals surface area contributed by atoms with E-state index in [1.807, 2.05) is 18.2 Å². The Morgan fingerprint density at radius 1 is 1.21 bits per heavy atom. The largest absolute Gasteiger partial charge is 0.618 e. The lowest BCUT2D eigenvalue weighted by atomic mass is 9.92. The number of benzene rings is 1. The first-order chi connectivity index (χ1) is 11.7. The number of thiophene rings is 1. The van der Waals surface area contributed by atoms with Crippen molar-refractivity contribution < 1.29 is 4.73 Å². The van der Waals surface area contributed by atoms with Gasteiger partial charge in [0.1, 0.15) is 0 Å². The summed E-state index contributed by atoms with van der Waals surface area (Å²) in [6.45, 7) is 3.01. The quantitative estimate of drug-likeness (QED) is 0.507. The van der Waals surface area contributed by atoms with Gasteiger partial charge in [-0.1, -0.05) is 17.7 Å². The Bertz CT molecular complexity index is 855. The SMILES string of the molecule is [O-][n+]1ccccc1C1CCN(Cc2csc3ccc(Cl)cc23)CC1. The van der Waals surface area contributed by atoms with Gasteiger partial charge in [0.2, 0.25) is 0 Å². The van der Waals surface area contributed by atoms with Crippen LogP contribution in [0.4, 0.5) is 0 Å². The smallest absolute Gasteiger partial charge is 0.195 e. The van der Waals surface area contributed by atoms with Crippen LogP contribution in [0.1, 0.15) is 30.0 Å². The number of hydrogen-bond donors (Lipinski definition) is 0. The molecule has 124 valence electrons. The van der Waals surface area contributed by atoms with E-state index in [9.17, 15) is 5.21 Å². The number of aromatic nitrogens is 1. The van der Waals surface area contributed by atoms with Crippen LogP contribution in [0.3, 0.4) is 0 Å². The molecule has 1 aliphatic rings.